The summed E-state index contributed by atoms with van der Waals surface area (Å²) in [5.74, 6) is 1.95. The summed E-state index contributed by atoms with van der Waals surface area (Å²) in [6, 6.07) is 5.35. The summed E-state index contributed by atoms with van der Waals surface area (Å²) in [6.45, 7) is 1.81. The number of allylic oxidation sites excluding steroid dienone is 1. The smallest absolute Gasteiger partial charge is 0.150 e. The highest BCUT2D eigenvalue weighted by Gasteiger charge is 2.13. The van der Waals surface area contributed by atoms with Gasteiger partial charge in [0.2, 0.25) is 0 Å². The predicted molar refractivity (Wildman–Crippen MR) is 59.8 cm³/mol. The highest BCUT2D eigenvalue weighted by atomic mass is 35.5. The first-order chi connectivity index (χ1) is 6.16. The average Bonchev–Trinajstić information content (AvgIpc) is 2.08. The fraction of sp³-hybridized carbons (Fsp3) is 0.111. The first-order valence-corrected chi connectivity index (χ1v) is 4.25. The van der Waals surface area contributed by atoms with Gasteiger partial charge in [-0.25, -0.2) is 0 Å². The van der Waals surface area contributed by atoms with Crippen LogP contribution in [0, 0.1) is 0 Å². The molecule has 0 radical (unpaired) electrons. The van der Waals surface area contributed by atoms with Crippen LogP contribution in [0.15, 0.2) is 29.8 Å². The van der Waals surface area contributed by atoms with Crippen LogP contribution in [0.1, 0.15) is 6.92 Å². The van der Waals surface area contributed by atoms with E-state index in [1.54, 1.807) is 25.1 Å². The summed E-state index contributed by atoms with van der Waals surface area (Å²) in [7, 11) is 0. The van der Waals surface area contributed by atoms with Gasteiger partial charge in [0.25, 0.3) is 0 Å². The van der Waals surface area contributed by atoms with Crippen molar-refractivity contribution in [3.05, 3.63) is 34.8 Å². The van der Waals surface area contributed by atoms with Crippen LogP contribution in [0.3, 0.4) is 0 Å². The fourth-order valence-electron chi connectivity index (χ4n) is 1.14. The molecule has 0 atom stereocenters. The van der Waals surface area contributed by atoms with Crippen molar-refractivity contribution in [3.8, 4) is 5.75 Å². The normalized spacial score (nSPS) is 13.6. The third-order valence-electron chi connectivity index (χ3n) is 1.85. The monoisotopic (exact) mass is 232 g/mol. The maximum absolute atomic E-state index is 5.81. The quantitative estimate of drug-likeness (QED) is 0.724. The molecule has 1 aromatic rings. The predicted octanol–water partition coefficient (Wildman–Crippen LogP) is 2.71. The van der Waals surface area contributed by atoms with Crippen LogP contribution in [-0.2, 0) is 0 Å². The van der Waals surface area contributed by atoms with Gasteiger partial charge in [0.15, 0.2) is 5.75 Å². The number of nitrogens with one attached hydrogen (secondary N) is 1. The molecule has 0 saturated heterocycles. The number of hydrogen-bond acceptors (Lipinski definition) is 3. The molecule has 0 aliphatic carbocycles. The summed E-state index contributed by atoms with van der Waals surface area (Å²) in [5, 5.41) is 3.65. The Labute approximate surface area is 93.3 Å². The second-order valence-corrected chi connectivity index (χ2v) is 3.27. The SMILES string of the molecule is CC1=C(N)Nc2cc(Cl)ccc2O1.Cl. The number of benzene rings is 1. The summed E-state index contributed by atoms with van der Waals surface area (Å²) < 4.78 is 5.43. The minimum absolute atomic E-state index is 0. The van der Waals surface area contributed by atoms with E-state index in [2.05, 4.69) is 5.32 Å². The number of fused-ring (bicyclic) bond motifs is 1. The Hall–Kier alpha value is -1.06. The zero-order chi connectivity index (χ0) is 9.42. The molecule has 76 valence electrons. The topological polar surface area (TPSA) is 47.3 Å². The minimum atomic E-state index is 0. The molecule has 0 fully saturated rings. The molecule has 14 heavy (non-hydrogen) atoms. The van der Waals surface area contributed by atoms with E-state index in [1.807, 2.05) is 0 Å². The van der Waals surface area contributed by atoms with E-state index in [1.165, 1.54) is 0 Å². The highest BCUT2D eigenvalue weighted by molar-refractivity contribution is 6.30. The van der Waals surface area contributed by atoms with E-state index >= 15 is 0 Å². The number of nitrogens with two attached hydrogens (primary N) is 1. The fourth-order valence-corrected chi connectivity index (χ4v) is 1.31. The molecule has 2 rings (SSSR count). The van der Waals surface area contributed by atoms with Gasteiger partial charge in [-0.2, -0.15) is 0 Å². The van der Waals surface area contributed by atoms with Gasteiger partial charge >= 0.3 is 0 Å². The van der Waals surface area contributed by atoms with Gasteiger partial charge in [0.05, 0.1) is 5.69 Å². The van der Waals surface area contributed by atoms with E-state index < -0.39 is 0 Å². The molecule has 1 aliphatic rings. The van der Waals surface area contributed by atoms with Gasteiger partial charge in [-0.05, 0) is 25.1 Å². The van der Waals surface area contributed by atoms with E-state index in [0.29, 0.717) is 16.6 Å². The second kappa shape index (κ2) is 3.98. The third kappa shape index (κ3) is 1.89. The van der Waals surface area contributed by atoms with Crippen molar-refractivity contribution in [2.45, 2.75) is 6.92 Å². The zero-order valence-electron chi connectivity index (χ0n) is 7.50. The van der Waals surface area contributed by atoms with Crippen LogP contribution in [0.5, 0.6) is 5.75 Å². The standard InChI is InChI=1S/C9H9ClN2O.ClH/c1-5-9(11)12-7-4-6(10)2-3-8(7)13-5;/h2-4,12H,11H2,1H3;1H. The lowest BCUT2D eigenvalue weighted by atomic mass is 10.2. The van der Waals surface area contributed by atoms with Crippen LogP contribution >= 0.6 is 24.0 Å². The van der Waals surface area contributed by atoms with Crippen molar-refractivity contribution in [1.82, 2.24) is 0 Å². The van der Waals surface area contributed by atoms with Gasteiger partial charge in [-0.3, -0.25) is 0 Å². The van der Waals surface area contributed by atoms with Crippen molar-refractivity contribution in [3.63, 3.8) is 0 Å². The lowest BCUT2D eigenvalue weighted by Crippen LogP contribution is -2.18. The van der Waals surface area contributed by atoms with Crippen LogP contribution in [-0.4, -0.2) is 0 Å². The molecule has 1 aromatic carbocycles. The molecule has 0 spiro atoms. The molecule has 0 saturated carbocycles. The Bertz CT molecular complexity index is 390. The molecule has 0 amide bonds. The van der Waals surface area contributed by atoms with Gasteiger partial charge in [-0.15, -0.1) is 12.4 Å². The number of rotatable bonds is 0. The molecule has 5 heteroatoms. The zero-order valence-corrected chi connectivity index (χ0v) is 9.08. The van der Waals surface area contributed by atoms with Crippen LogP contribution in [0.4, 0.5) is 5.69 Å². The molecule has 0 unspecified atom stereocenters. The van der Waals surface area contributed by atoms with Crippen molar-refractivity contribution >= 4 is 29.7 Å². The van der Waals surface area contributed by atoms with Crippen LogP contribution < -0.4 is 15.8 Å². The van der Waals surface area contributed by atoms with Gasteiger partial charge in [0, 0.05) is 5.02 Å². The summed E-state index contributed by atoms with van der Waals surface area (Å²) in [4.78, 5) is 0. The Morgan fingerprint density at radius 2 is 2.14 bits per heavy atom. The van der Waals surface area contributed by atoms with E-state index in [4.69, 9.17) is 22.1 Å². The largest absolute Gasteiger partial charge is 0.456 e. The molecule has 1 heterocycles. The number of ether oxygens (including phenoxy) is 1. The van der Waals surface area contributed by atoms with Crippen LogP contribution in [0.25, 0.3) is 0 Å². The van der Waals surface area contributed by atoms with Gasteiger partial charge < -0.3 is 15.8 Å². The van der Waals surface area contributed by atoms with E-state index in [9.17, 15) is 0 Å². The molecule has 0 aromatic heterocycles. The maximum Gasteiger partial charge on any atom is 0.150 e. The lowest BCUT2D eigenvalue weighted by Gasteiger charge is -2.20. The molecule has 3 nitrogen and oxygen atoms in total. The Balaban J connectivity index is 0.000000980. The Kier molecular flexibility index (Phi) is 3.13. The van der Waals surface area contributed by atoms with Crippen LogP contribution in [0.2, 0.25) is 5.02 Å². The average molecular weight is 233 g/mol. The number of halogens is 2. The number of hydrogen-bond donors (Lipinski definition) is 2. The first-order valence-electron chi connectivity index (χ1n) is 3.87. The van der Waals surface area contributed by atoms with Crippen molar-refractivity contribution < 1.29 is 4.74 Å². The molecular formula is C9H10Cl2N2O. The third-order valence-corrected chi connectivity index (χ3v) is 2.09. The van der Waals surface area contributed by atoms with E-state index in [0.717, 1.165) is 11.4 Å². The summed E-state index contributed by atoms with van der Waals surface area (Å²) in [5.41, 5.74) is 6.45. The second-order valence-electron chi connectivity index (χ2n) is 2.84. The molecule has 1 aliphatic heterocycles. The highest BCUT2D eigenvalue weighted by Crippen LogP contribution is 2.33. The first kappa shape index (κ1) is 11.0. The number of anilines is 1. The Morgan fingerprint density at radius 3 is 2.86 bits per heavy atom. The Morgan fingerprint density at radius 1 is 1.43 bits per heavy atom. The maximum atomic E-state index is 5.81. The van der Waals surface area contributed by atoms with Gasteiger partial charge in [-0.1, -0.05) is 11.6 Å². The van der Waals surface area contributed by atoms with Crippen molar-refractivity contribution in [2.24, 2.45) is 5.73 Å². The van der Waals surface area contributed by atoms with Gasteiger partial charge in [0.1, 0.15) is 11.6 Å². The summed E-state index contributed by atoms with van der Waals surface area (Å²) in [6.07, 6.45) is 0. The minimum Gasteiger partial charge on any atom is -0.456 e. The summed E-state index contributed by atoms with van der Waals surface area (Å²) >= 11 is 5.81. The van der Waals surface area contributed by atoms with Crippen molar-refractivity contribution in [2.75, 3.05) is 5.32 Å². The van der Waals surface area contributed by atoms with E-state index in [-0.39, 0.29) is 12.4 Å². The van der Waals surface area contributed by atoms with Crippen molar-refractivity contribution in [1.29, 1.82) is 0 Å². The lowest BCUT2D eigenvalue weighted by molar-refractivity contribution is 0.415. The molecular weight excluding hydrogens is 223 g/mol. The molecule has 3 N–H and O–H groups in total. The molecule has 0 bridgehead atoms.